The van der Waals surface area contributed by atoms with Crippen LogP contribution in [0, 0.1) is 17.6 Å². The Morgan fingerprint density at radius 2 is 1.96 bits per heavy atom. The molecule has 0 bridgehead atoms. The van der Waals surface area contributed by atoms with Crippen molar-refractivity contribution in [2.24, 2.45) is 5.92 Å². The van der Waals surface area contributed by atoms with Gasteiger partial charge < -0.3 is 10.2 Å². The van der Waals surface area contributed by atoms with Crippen LogP contribution in [0.5, 0.6) is 0 Å². The predicted molar refractivity (Wildman–Crippen MR) is 96.0 cm³/mol. The van der Waals surface area contributed by atoms with Crippen LogP contribution >= 0.6 is 11.6 Å². The zero-order valence-electron chi connectivity index (χ0n) is 14.1. The van der Waals surface area contributed by atoms with Gasteiger partial charge in [0.25, 0.3) is 0 Å². The second-order valence-electron chi connectivity index (χ2n) is 6.90. The summed E-state index contributed by atoms with van der Waals surface area (Å²) in [4.78, 5) is 15.0. The fraction of sp³-hybridized carbons (Fsp3) is 0.350. The number of benzene rings is 2. The van der Waals surface area contributed by atoms with Crippen molar-refractivity contribution >= 4 is 17.5 Å². The first-order chi connectivity index (χ1) is 12.6. The third kappa shape index (κ3) is 3.21. The number of carbonyl (C=O) groups is 1. The summed E-state index contributed by atoms with van der Waals surface area (Å²) in [5.74, 6) is -1.89. The molecule has 2 aromatic rings. The molecule has 2 aromatic carbocycles. The number of rotatable bonds is 3. The molecule has 136 valence electrons. The third-order valence-corrected chi connectivity index (χ3v) is 5.61. The Hall–Kier alpha value is -1.98. The Morgan fingerprint density at radius 3 is 2.73 bits per heavy atom. The monoisotopic (exact) mass is 376 g/mol. The van der Waals surface area contributed by atoms with Crippen LogP contribution in [0.3, 0.4) is 0 Å². The Bertz CT molecular complexity index is 844. The van der Waals surface area contributed by atoms with Crippen molar-refractivity contribution < 1.29 is 13.6 Å². The Morgan fingerprint density at radius 1 is 1.15 bits per heavy atom. The number of nitrogens with zero attached hydrogens (tertiary/aromatic N) is 1. The Kier molecular flexibility index (Phi) is 4.67. The lowest BCUT2D eigenvalue weighted by molar-refractivity contribution is -0.136. The Balaban J connectivity index is 1.53. The van der Waals surface area contributed by atoms with Crippen molar-refractivity contribution in [2.75, 3.05) is 19.6 Å². The van der Waals surface area contributed by atoms with Gasteiger partial charge in [0.2, 0.25) is 5.91 Å². The van der Waals surface area contributed by atoms with E-state index in [0.29, 0.717) is 30.1 Å². The van der Waals surface area contributed by atoms with Crippen molar-refractivity contribution in [3.05, 3.63) is 70.2 Å². The van der Waals surface area contributed by atoms with Gasteiger partial charge in [0.05, 0.1) is 6.04 Å². The number of amides is 1. The number of halogens is 3. The van der Waals surface area contributed by atoms with Gasteiger partial charge in [-0.15, -0.1) is 0 Å². The normalized spacial score (nSPS) is 25.2. The van der Waals surface area contributed by atoms with Gasteiger partial charge in [-0.25, -0.2) is 8.78 Å². The van der Waals surface area contributed by atoms with Crippen molar-refractivity contribution in [3.8, 4) is 0 Å². The maximum Gasteiger partial charge on any atom is 0.226 e. The zero-order chi connectivity index (χ0) is 18.3. The molecule has 2 fully saturated rings. The molecule has 1 saturated heterocycles. The number of hydrogen-bond donors (Lipinski definition) is 1. The average Bonchev–Trinajstić information content (AvgIpc) is 3.45. The molecule has 1 amide bonds. The molecule has 0 radical (unpaired) electrons. The van der Waals surface area contributed by atoms with Crippen LogP contribution in [0.15, 0.2) is 42.5 Å². The molecule has 6 heteroatoms. The summed E-state index contributed by atoms with van der Waals surface area (Å²) in [6, 6.07) is 11.3. The summed E-state index contributed by atoms with van der Waals surface area (Å²) in [6.45, 7) is 1.99. The molecule has 2 aliphatic rings. The molecule has 4 rings (SSSR count). The van der Waals surface area contributed by atoms with E-state index in [0.717, 1.165) is 18.2 Å². The first-order valence-electron chi connectivity index (χ1n) is 8.77. The summed E-state index contributed by atoms with van der Waals surface area (Å²) < 4.78 is 26.6. The fourth-order valence-electron chi connectivity index (χ4n) is 3.78. The summed E-state index contributed by atoms with van der Waals surface area (Å²) >= 11 is 6.34. The SMILES string of the molecule is O=C(C1CC1c1ccc(F)c(F)c1)N1CCNCC1c1ccccc1Cl. The molecule has 3 unspecified atom stereocenters. The number of piperazine rings is 1. The third-order valence-electron chi connectivity index (χ3n) is 5.27. The lowest BCUT2D eigenvalue weighted by Gasteiger charge is -2.37. The van der Waals surface area contributed by atoms with Gasteiger partial charge in [-0.05, 0) is 41.7 Å². The maximum absolute atomic E-state index is 13.5. The molecule has 1 saturated carbocycles. The van der Waals surface area contributed by atoms with Gasteiger partial charge in [0.15, 0.2) is 11.6 Å². The van der Waals surface area contributed by atoms with Gasteiger partial charge in [-0.1, -0.05) is 35.9 Å². The van der Waals surface area contributed by atoms with E-state index in [1.165, 1.54) is 6.07 Å². The van der Waals surface area contributed by atoms with E-state index in [4.69, 9.17) is 11.6 Å². The summed E-state index contributed by atoms with van der Waals surface area (Å²) in [6.07, 6.45) is 0.670. The fourth-order valence-corrected chi connectivity index (χ4v) is 4.05. The molecule has 1 N–H and O–H groups in total. The maximum atomic E-state index is 13.5. The molecule has 1 aliphatic heterocycles. The highest BCUT2D eigenvalue weighted by Gasteiger charge is 2.47. The second-order valence-corrected chi connectivity index (χ2v) is 7.30. The van der Waals surface area contributed by atoms with Gasteiger partial charge in [0.1, 0.15) is 0 Å². The van der Waals surface area contributed by atoms with Crippen LogP contribution in [0.25, 0.3) is 0 Å². The number of carbonyl (C=O) groups excluding carboxylic acids is 1. The minimum Gasteiger partial charge on any atom is -0.333 e. The highest BCUT2D eigenvalue weighted by Crippen LogP contribution is 2.49. The van der Waals surface area contributed by atoms with E-state index in [9.17, 15) is 13.6 Å². The summed E-state index contributed by atoms with van der Waals surface area (Å²) in [5, 5.41) is 3.96. The van der Waals surface area contributed by atoms with Crippen LogP contribution in [-0.2, 0) is 4.79 Å². The van der Waals surface area contributed by atoms with E-state index in [1.54, 1.807) is 6.07 Å². The summed E-state index contributed by atoms with van der Waals surface area (Å²) in [5.41, 5.74) is 1.62. The van der Waals surface area contributed by atoms with Crippen LogP contribution in [0.1, 0.15) is 29.5 Å². The molecule has 0 spiro atoms. The Labute approximate surface area is 156 Å². The van der Waals surface area contributed by atoms with Crippen LogP contribution in [0.2, 0.25) is 5.02 Å². The molecule has 3 nitrogen and oxygen atoms in total. The van der Waals surface area contributed by atoms with E-state index in [1.807, 2.05) is 29.2 Å². The van der Waals surface area contributed by atoms with E-state index in [-0.39, 0.29) is 23.8 Å². The van der Waals surface area contributed by atoms with Crippen LogP contribution in [0.4, 0.5) is 8.78 Å². The van der Waals surface area contributed by atoms with E-state index >= 15 is 0 Å². The quantitative estimate of drug-likeness (QED) is 0.881. The van der Waals surface area contributed by atoms with Crippen molar-refractivity contribution in [2.45, 2.75) is 18.4 Å². The zero-order valence-corrected chi connectivity index (χ0v) is 14.8. The van der Waals surface area contributed by atoms with E-state index in [2.05, 4.69) is 5.32 Å². The molecule has 26 heavy (non-hydrogen) atoms. The average molecular weight is 377 g/mol. The minimum absolute atomic E-state index is 0.0422. The standard InChI is InChI=1S/C20H19ClF2N2O/c21-16-4-2-1-3-13(16)19-11-24-7-8-25(19)20(26)15-10-14(15)12-5-6-17(22)18(23)9-12/h1-6,9,14-15,19,24H,7-8,10-11H2. The van der Waals surface area contributed by atoms with Crippen LogP contribution < -0.4 is 5.32 Å². The molecule has 1 heterocycles. The number of nitrogens with one attached hydrogen (secondary N) is 1. The van der Waals surface area contributed by atoms with Crippen molar-refractivity contribution in [1.82, 2.24) is 10.2 Å². The topological polar surface area (TPSA) is 32.3 Å². The summed E-state index contributed by atoms with van der Waals surface area (Å²) in [7, 11) is 0. The molecule has 1 aliphatic carbocycles. The van der Waals surface area contributed by atoms with Gasteiger partial charge in [0, 0.05) is 30.6 Å². The molecule has 0 aromatic heterocycles. The first-order valence-corrected chi connectivity index (χ1v) is 9.14. The van der Waals surface area contributed by atoms with Crippen molar-refractivity contribution in [1.29, 1.82) is 0 Å². The van der Waals surface area contributed by atoms with Gasteiger partial charge in [-0.2, -0.15) is 0 Å². The lowest BCUT2D eigenvalue weighted by Crippen LogP contribution is -2.49. The van der Waals surface area contributed by atoms with Gasteiger partial charge in [-0.3, -0.25) is 4.79 Å². The highest BCUT2D eigenvalue weighted by molar-refractivity contribution is 6.31. The van der Waals surface area contributed by atoms with E-state index < -0.39 is 11.6 Å². The predicted octanol–water partition coefficient (Wildman–Crippen LogP) is 3.89. The second kappa shape index (κ2) is 6.97. The molecular formula is C20H19ClF2N2O. The first kappa shape index (κ1) is 17.4. The van der Waals surface area contributed by atoms with Gasteiger partial charge >= 0.3 is 0 Å². The van der Waals surface area contributed by atoms with Crippen LogP contribution in [-0.4, -0.2) is 30.4 Å². The smallest absolute Gasteiger partial charge is 0.226 e. The largest absolute Gasteiger partial charge is 0.333 e. The lowest BCUT2D eigenvalue weighted by atomic mass is 10.0. The minimum atomic E-state index is -0.864. The highest BCUT2D eigenvalue weighted by atomic mass is 35.5. The molecular weight excluding hydrogens is 358 g/mol. The number of hydrogen-bond acceptors (Lipinski definition) is 2. The van der Waals surface area contributed by atoms with Crippen molar-refractivity contribution in [3.63, 3.8) is 0 Å². The molecule has 3 atom stereocenters.